The van der Waals surface area contributed by atoms with Gasteiger partial charge in [-0.1, -0.05) is 30.3 Å². The quantitative estimate of drug-likeness (QED) is 0.848. The Kier molecular flexibility index (Phi) is 4.86. The standard InChI is InChI=1S/C15H15NO2S/c1-18-14-10-6-5-9-13(14)16-15(17)11-19-12-7-3-2-4-8-12/h2-10H,11H2,1H3,(H,16,17). The van der Waals surface area contributed by atoms with Crippen LogP contribution in [0.3, 0.4) is 0 Å². The molecule has 0 aromatic heterocycles. The van der Waals surface area contributed by atoms with Crippen molar-refractivity contribution in [3.8, 4) is 5.75 Å². The molecule has 1 amide bonds. The van der Waals surface area contributed by atoms with Crippen LogP contribution < -0.4 is 10.1 Å². The van der Waals surface area contributed by atoms with Gasteiger partial charge in [-0.25, -0.2) is 0 Å². The Bertz CT molecular complexity index is 543. The summed E-state index contributed by atoms with van der Waals surface area (Å²) in [7, 11) is 1.59. The molecule has 1 N–H and O–H groups in total. The highest BCUT2D eigenvalue weighted by molar-refractivity contribution is 8.00. The van der Waals surface area contributed by atoms with Crippen LogP contribution in [0.15, 0.2) is 59.5 Å². The van der Waals surface area contributed by atoms with Crippen molar-refractivity contribution >= 4 is 23.4 Å². The first kappa shape index (κ1) is 13.5. The molecule has 0 heterocycles. The molecule has 2 aromatic rings. The van der Waals surface area contributed by atoms with Crippen molar-refractivity contribution < 1.29 is 9.53 Å². The van der Waals surface area contributed by atoms with Crippen LogP contribution >= 0.6 is 11.8 Å². The van der Waals surface area contributed by atoms with E-state index in [4.69, 9.17) is 4.74 Å². The van der Waals surface area contributed by atoms with E-state index in [1.807, 2.05) is 54.6 Å². The molecular weight excluding hydrogens is 258 g/mol. The van der Waals surface area contributed by atoms with E-state index < -0.39 is 0 Å². The summed E-state index contributed by atoms with van der Waals surface area (Å²) in [5, 5.41) is 2.85. The van der Waals surface area contributed by atoms with Gasteiger partial charge in [-0.05, 0) is 24.3 Å². The molecule has 0 aliphatic heterocycles. The third-order valence-corrected chi connectivity index (χ3v) is 3.51. The van der Waals surface area contributed by atoms with Gasteiger partial charge in [0.1, 0.15) is 5.75 Å². The Labute approximate surface area is 117 Å². The van der Waals surface area contributed by atoms with E-state index in [0.29, 0.717) is 17.2 Å². The summed E-state index contributed by atoms with van der Waals surface area (Å²) in [6.07, 6.45) is 0. The molecule has 2 rings (SSSR count). The molecule has 0 saturated carbocycles. The average Bonchev–Trinajstić information content (AvgIpc) is 2.47. The molecule has 0 saturated heterocycles. The van der Waals surface area contributed by atoms with E-state index in [2.05, 4.69) is 5.32 Å². The fraction of sp³-hybridized carbons (Fsp3) is 0.133. The Morgan fingerprint density at radius 2 is 1.79 bits per heavy atom. The maximum absolute atomic E-state index is 11.9. The zero-order valence-corrected chi connectivity index (χ0v) is 11.4. The number of amides is 1. The first-order chi connectivity index (χ1) is 9.29. The van der Waals surface area contributed by atoms with E-state index in [1.54, 1.807) is 7.11 Å². The lowest BCUT2D eigenvalue weighted by molar-refractivity contribution is -0.113. The maximum Gasteiger partial charge on any atom is 0.234 e. The van der Waals surface area contributed by atoms with Crippen LogP contribution in [-0.4, -0.2) is 18.8 Å². The molecule has 0 unspecified atom stereocenters. The van der Waals surface area contributed by atoms with Crippen molar-refractivity contribution in [2.45, 2.75) is 4.90 Å². The van der Waals surface area contributed by atoms with Gasteiger partial charge in [0.15, 0.2) is 0 Å². The Morgan fingerprint density at radius 3 is 2.53 bits per heavy atom. The van der Waals surface area contributed by atoms with E-state index in [-0.39, 0.29) is 5.91 Å². The number of carbonyl (C=O) groups excluding carboxylic acids is 1. The minimum absolute atomic E-state index is 0.0432. The van der Waals surface area contributed by atoms with E-state index in [0.717, 1.165) is 4.90 Å². The number of carbonyl (C=O) groups is 1. The number of hydrogen-bond donors (Lipinski definition) is 1. The number of para-hydroxylation sites is 2. The van der Waals surface area contributed by atoms with Crippen LogP contribution in [0.25, 0.3) is 0 Å². The lowest BCUT2D eigenvalue weighted by Gasteiger charge is -2.09. The number of hydrogen-bond acceptors (Lipinski definition) is 3. The number of benzene rings is 2. The summed E-state index contributed by atoms with van der Waals surface area (Å²) in [6.45, 7) is 0. The highest BCUT2D eigenvalue weighted by Crippen LogP contribution is 2.24. The normalized spacial score (nSPS) is 9.95. The topological polar surface area (TPSA) is 38.3 Å². The molecule has 2 aromatic carbocycles. The number of rotatable bonds is 5. The zero-order valence-electron chi connectivity index (χ0n) is 10.6. The monoisotopic (exact) mass is 273 g/mol. The van der Waals surface area contributed by atoms with Crippen LogP contribution in [0, 0.1) is 0 Å². The van der Waals surface area contributed by atoms with E-state index >= 15 is 0 Å². The molecule has 0 bridgehead atoms. The molecule has 0 aliphatic carbocycles. The van der Waals surface area contributed by atoms with Gasteiger partial charge in [-0.3, -0.25) is 4.79 Å². The smallest absolute Gasteiger partial charge is 0.234 e. The van der Waals surface area contributed by atoms with Gasteiger partial charge < -0.3 is 10.1 Å². The van der Waals surface area contributed by atoms with Crippen molar-refractivity contribution in [1.82, 2.24) is 0 Å². The van der Waals surface area contributed by atoms with Crippen molar-refractivity contribution in [2.24, 2.45) is 0 Å². The number of thioether (sulfide) groups is 1. The number of ether oxygens (including phenoxy) is 1. The molecule has 3 nitrogen and oxygen atoms in total. The third-order valence-electron chi connectivity index (χ3n) is 2.49. The summed E-state index contributed by atoms with van der Waals surface area (Å²) in [6, 6.07) is 17.2. The molecular formula is C15H15NO2S. The van der Waals surface area contributed by atoms with Gasteiger partial charge in [0.05, 0.1) is 18.6 Å². The van der Waals surface area contributed by atoms with Gasteiger partial charge in [0.25, 0.3) is 0 Å². The second kappa shape index (κ2) is 6.85. The van der Waals surface area contributed by atoms with E-state index in [9.17, 15) is 4.79 Å². The molecule has 19 heavy (non-hydrogen) atoms. The molecule has 0 fully saturated rings. The molecule has 0 radical (unpaired) electrons. The first-order valence-corrected chi connectivity index (χ1v) is 6.89. The van der Waals surface area contributed by atoms with Crippen LogP contribution in [0.1, 0.15) is 0 Å². The lowest BCUT2D eigenvalue weighted by Crippen LogP contribution is -2.14. The second-order valence-corrected chi connectivity index (χ2v) is 4.90. The second-order valence-electron chi connectivity index (χ2n) is 3.85. The third kappa shape index (κ3) is 4.03. The Balaban J connectivity index is 1.91. The van der Waals surface area contributed by atoms with Crippen LogP contribution in [0.5, 0.6) is 5.75 Å². The summed E-state index contributed by atoms with van der Waals surface area (Å²) >= 11 is 1.51. The predicted molar refractivity (Wildman–Crippen MR) is 78.8 cm³/mol. The highest BCUT2D eigenvalue weighted by atomic mass is 32.2. The van der Waals surface area contributed by atoms with Gasteiger partial charge in [0, 0.05) is 4.90 Å². The fourth-order valence-corrected chi connectivity index (χ4v) is 2.32. The summed E-state index contributed by atoms with van der Waals surface area (Å²) in [5.41, 5.74) is 0.698. The zero-order chi connectivity index (χ0) is 13.5. The lowest BCUT2D eigenvalue weighted by atomic mass is 10.3. The van der Waals surface area contributed by atoms with Crippen molar-refractivity contribution in [1.29, 1.82) is 0 Å². The summed E-state index contributed by atoms with van der Waals surface area (Å²) < 4.78 is 5.19. The minimum Gasteiger partial charge on any atom is -0.495 e. The molecule has 0 spiro atoms. The van der Waals surface area contributed by atoms with Crippen molar-refractivity contribution in [3.63, 3.8) is 0 Å². The number of nitrogens with one attached hydrogen (secondary N) is 1. The predicted octanol–water partition coefficient (Wildman–Crippen LogP) is 3.43. The molecule has 98 valence electrons. The number of methoxy groups -OCH3 is 1. The SMILES string of the molecule is COc1ccccc1NC(=O)CSc1ccccc1. The molecule has 0 atom stereocenters. The van der Waals surface area contributed by atoms with Gasteiger partial charge >= 0.3 is 0 Å². The van der Waals surface area contributed by atoms with Gasteiger partial charge in [-0.15, -0.1) is 11.8 Å². The maximum atomic E-state index is 11.9. The van der Waals surface area contributed by atoms with Crippen molar-refractivity contribution in [3.05, 3.63) is 54.6 Å². The number of anilines is 1. The first-order valence-electron chi connectivity index (χ1n) is 5.90. The largest absolute Gasteiger partial charge is 0.495 e. The van der Waals surface area contributed by atoms with Crippen molar-refractivity contribution in [2.75, 3.05) is 18.2 Å². The molecule has 0 aliphatic rings. The van der Waals surface area contributed by atoms with Crippen LogP contribution in [0.2, 0.25) is 0 Å². The van der Waals surface area contributed by atoms with Gasteiger partial charge in [0.2, 0.25) is 5.91 Å². The van der Waals surface area contributed by atoms with E-state index in [1.165, 1.54) is 11.8 Å². The molecule has 4 heteroatoms. The minimum atomic E-state index is -0.0432. The summed E-state index contributed by atoms with van der Waals surface area (Å²) in [5.74, 6) is 1.00. The average molecular weight is 273 g/mol. The van der Waals surface area contributed by atoms with Crippen LogP contribution in [-0.2, 0) is 4.79 Å². The van der Waals surface area contributed by atoms with Gasteiger partial charge in [-0.2, -0.15) is 0 Å². The summed E-state index contributed by atoms with van der Waals surface area (Å²) in [4.78, 5) is 12.9. The Morgan fingerprint density at radius 1 is 1.11 bits per heavy atom. The fourth-order valence-electron chi connectivity index (χ4n) is 1.60. The highest BCUT2D eigenvalue weighted by Gasteiger charge is 2.07. The van der Waals surface area contributed by atoms with Crippen LogP contribution in [0.4, 0.5) is 5.69 Å². The Hall–Kier alpha value is -1.94.